The van der Waals surface area contributed by atoms with E-state index in [4.69, 9.17) is 5.73 Å². The molecular formula is C7H10N2O2. The van der Waals surface area contributed by atoms with Gasteiger partial charge in [-0.3, -0.25) is 4.79 Å². The molecule has 0 atom stereocenters. The van der Waals surface area contributed by atoms with E-state index in [1.165, 1.54) is 6.07 Å². The molecule has 0 fully saturated rings. The highest BCUT2D eigenvalue weighted by Crippen LogP contribution is 2.15. The number of aldehydes is 1. The van der Waals surface area contributed by atoms with Crippen LogP contribution in [0, 0.1) is 0 Å². The van der Waals surface area contributed by atoms with Crippen molar-refractivity contribution in [1.29, 1.82) is 0 Å². The second-order valence-corrected chi connectivity index (χ2v) is 2.95. The first-order valence-electron chi connectivity index (χ1n) is 3.25. The Hall–Kier alpha value is -1.16. The Balaban J connectivity index is 2.98. The molecular weight excluding hydrogens is 144 g/mol. The van der Waals surface area contributed by atoms with Gasteiger partial charge in [0.2, 0.25) is 0 Å². The minimum atomic E-state index is -0.551. The molecule has 0 spiro atoms. The van der Waals surface area contributed by atoms with Gasteiger partial charge >= 0.3 is 0 Å². The minimum absolute atomic E-state index is 0.207. The molecule has 0 bridgehead atoms. The summed E-state index contributed by atoms with van der Waals surface area (Å²) in [6.45, 7) is 3.58. The Bertz CT molecular complexity index is 260. The number of rotatable bonds is 2. The van der Waals surface area contributed by atoms with E-state index < -0.39 is 5.54 Å². The van der Waals surface area contributed by atoms with E-state index in [-0.39, 0.29) is 5.76 Å². The fourth-order valence-electron chi connectivity index (χ4n) is 0.649. The van der Waals surface area contributed by atoms with Crippen molar-refractivity contribution in [3.05, 3.63) is 17.5 Å². The average molecular weight is 154 g/mol. The molecule has 0 radical (unpaired) electrons. The maximum atomic E-state index is 10.2. The van der Waals surface area contributed by atoms with E-state index >= 15 is 0 Å². The molecule has 0 saturated carbocycles. The number of aromatic nitrogens is 1. The third kappa shape index (κ3) is 1.65. The SMILES string of the molecule is CC(C)(N)c1cc(C=O)on1. The van der Waals surface area contributed by atoms with Crippen LogP contribution in [-0.2, 0) is 5.54 Å². The topological polar surface area (TPSA) is 69.1 Å². The fraction of sp³-hybridized carbons (Fsp3) is 0.429. The molecule has 0 unspecified atom stereocenters. The Kier molecular flexibility index (Phi) is 1.78. The Morgan fingerprint density at radius 3 is 2.64 bits per heavy atom. The van der Waals surface area contributed by atoms with Gasteiger partial charge in [0.15, 0.2) is 12.0 Å². The van der Waals surface area contributed by atoms with Gasteiger partial charge < -0.3 is 10.3 Å². The molecule has 0 aliphatic heterocycles. The van der Waals surface area contributed by atoms with Gasteiger partial charge in [-0.15, -0.1) is 0 Å². The summed E-state index contributed by atoms with van der Waals surface area (Å²) >= 11 is 0. The molecule has 1 rings (SSSR count). The maximum absolute atomic E-state index is 10.2. The van der Waals surface area contributed by atoms with Gasteiger partial charge in [0.1, 0.15) is 5.69 Å². The van der Waals surface area contributed by atoms with Gasteiger partial charge in [0.05, 0.1) is 5.54 Å². The average Bonchev–Trinajstić information content (AvgIpc) is 2.32. The fourth-order valence-corrected chi connectivity index (χ4v) is 0.649. The molecule has 4 heteroatoms. The van der Waals surface area contributed by atoms with Crippen LogP contribution in [0.15, 0.2) is 10.6 Å². The summed E-state index contributed by atoms with van der Waals surface area (Å²) in [6, 6.07) is 1.53. The van der Waals surface area contributed by atoms with Gasteiger partial charge in [-0.1, -0.05) is 5.16 Å². The number of nitrogens with zero attached hydrogens (tertiary/aromatic N) is 1. The largest absolute Gasteiger partial charge is 0.353 e. The Morgan fingerprint density at radius 1 is 1.73 bits per heavy atom. The van der Waals surface area contributed by atoms with E-state index in [0.717, 1.165) is 0 Å². The first-order chi connectivity index (χ1) is 5.04. The lowest BCUT2D eigenvalue weighted by molar-refractivity contribution is 0.109. The van der Waals surface area contributed by atoms with Crippen LogP contribution in [0.25, 0.3) is 0 Å². The van der Waals surface area contributed by atoms with Gasteiger partial charge in [-0.05, 0) is 13.8 Å². The Labute approximate surface area is 64.4 Å². The highest BCUT2D eigenvalue weighted by Gasteiger charge is 2.18. The minimum Gasteiger partial charge on any atom is -0.353 e. The van der Waals surface area contributed by atoms with Crippen LogP contribution < -0.4 is 5.73 Å². The zero-order chi connectivity index (χ0) is 8.48. The van der Waals surface area contributed by atoms with Crippen LogP contribution in [0.5, 0.6) is 0 Å². The van der Waals surface area contributed by atoms with Crippen molar-refractivity contribution in [1.82, 2.24) is 5.16 Å². The first kappa shape index (κ1) is 7.94. The second kappa shape index (κ2) is 2.47. The van der Waals surface area contributed by atoms with Crippen molar-refractivity contribution in [3.8, 4) is 0 Å². The molecule has 0 saturated heterocycles. The number of carbonyl (C=O) groups is 1. The van der Waals surface area contributed by atoms with Crippen molar-refractivity contribution in [2.75, 3.05) is 0 Å². The number of carbonyl (C=O) groups excluding carboxylic acids is 1. The van der Waals surface area contributed by atoms with Crippen LogP contribution >= 0.6 is 0 Å². The normalized spacial score (nSPS) is 11.5. The number of nitrogens with two attached hydrogens (primary N) is 1. The summed E-state index contributed by atoms with van der Waals surface area (Å²) in [7, 11) is 0. The molecule has 0 aromatic carbocycles. The number of hydrogen-bond acceptors (Lipinski definition) is 4. The lowest BCUT2D eigenvalue weighted by Crippen LogP contribution is -2.28. The lowest BCUT2D eigenvalue weighted by atomic mass is 10.0. The second-order valence-electron chi connectivity index (χ2n) is 2.95. The molecule has 60 valence electrons. The number of hydrogen-bond donors (Lipinski definition) is 1. The molecule has 2 N–H and O–H groups in total. The van der Waals surface area contributed by atoms with E-state index in [2.05, 4.69) is 9.68 Å². The van der Waals surface area contributed by atoms with Crippen molar-refractivity contribution >= 4 is 6.29 Å². The van der Waals surface area contributed by atoms with E-state index in [0.29, 0.717) is 12.0 Å². The molecule has 0 aliphatic carbocycles. The molecule has 1 aromatic rings. The summed E-state index contributed by atoms with van der Waals surface area (Å²) in [5, 5.41) is 3.63. The Morgan fingerprint density at radius 2 is 2.36 bits per heavy atom. The lowest BCUT2D eigenvalue weighted by Gasteiger charge is -2.12. The summed E-state index contributed by atoms with van der Waals surface area (Å²) < 4.78 is 4.64. The first-order valence-corrected chi connectivity index (χ1v) is 3.25. The molecule has 4 nitrogen and oxygen atoms in total. The van der Waals surface area contributed by atoms with Crippen molar-refractivity contribution in [3.63, 3.8) is 0 Å². The molecule has 1 aromatic heterocycles. The van der Waals surface area contributed by atoms with Gasteiger partial charge in [-0.25, -0.2) is 0 Å². The van der Waals surface area contributed by atoms with Crippen LogP contribution in [0.3, 0.4) is 0 Å². The predicted molar refractivity (Wildman–Crippen MR) is 39.1 cm³/mol. The van der Waals surface area contributed by atoms with Crippen LogP contribution in [0.4, 0.5) is 0 Å². The van der Waals surface area contributed by atoms with E-state index in [1.807, 2.05) is 0 Å². The third-order valence-electron chi connectivity index (χ3n) is 1.30. The van der Waals surface area contributed by atoms with Gasteiger partial charge in [-0.2, -0.15) is 0 Å². The smallest absolute Gasteiger partial charge is 0.199 e. The molecule has 1 heterocycles. The van der Waals surface area contributed by atoms with E-state index in [9.17, 15) is 4.79 Å². The van der Waals surface area contributed by atoms with Gasteiger partial charge in [0, 0.05) is 6.07 Å². The van der Waals surface area contributed by atoms with Crippen LogP contribution in [0.2, 0.25) is 0 Å². The molecule has 11 heavy (non-hydrogen) atoms. The van der Waals surface area contributed by atoms with Crippen molar-refractivity contribution in [2.45, 2.75) is 19.4 Å². The summed E-state index contributed by atoms with van der Waals surface area (Å²) in [4.78, 5) is 10.2. The quantitative estimate of drug-likeness (QED) is 0.636. The maximum Gasteiger partial charge on any atom is 0.199 e. The third-order valence-corrected chi connectivity index (χ3v) is 1.30. The monoisotopic (exact) mass is 154 g/mol. The standard InChI is InChI=1S/C7H10N2O2/c1-7(2,8)6-3-5(4-10)11-9-6/h3-4H,8H2,1-2H3. The highest BCUT2D eigenvalue weighted by atomic mass is 16.5. The highest BCUT2D eigenvalue weighted by molar-refractivity contribution is 5.70. The van der Waals surface area contributed by atoms with Crippen molar-refractivity contribution in [2.24, 2.45) is 5.73 Å². The summed E-state index contributed by atoms with van der Waals surface area (Å²) in [6.07, 6.45) is 0.599. The van der Waals surface area contributed by atoms with Crippen molar-refractivity contribution < 1.29 is 9.32 Å². The molecule has 0 aliphatic rings. The van der Waals surface area contributed by atoms with Crippen LogP contribution in [-0.4, -0.2) is 11.4 Å². The summed E-state index contributed by atoms with van der Waals surface area (Å²) in [5.41, 5.74) is 5.72. The van der Waals surface area contributed by atoms with E-state index in [1.54, 1.807) is 13.8 Å². The summed E-state index contributed by atoms with van der Waals surface area (Å²) in [5.74, 6) is 0.207. The van der Waals surface area contributed by atoms with Gasteiger partial charge in [0.25, 0.3) is 0 Å². The zero-order valence-corrected chi connectivity index (χ0v) is 6.50. The zero-order valence-electron chi connectivity index (χ0n) is 6.50. The van der Waals surface area contributed by atoms with Crippen LogP contribution in [0.1, 0.15) is 30.1 Å². The molecule has 0 amide bonds. The predicted octanol–water partition coefficient (Wildman–Crippen LogP) is 0.681.